The lowest BCUT2D eigenvalue weighted by molar-refractivity contribution is 0.251. The number of nitrogens with zero attached hydrogens (tertiary/aromatic N) is 4. The van der Waals surface area contributed by atoms with Gasteiger partial charge >= 0.3 is 6.03 Å². The molecule has 1 aliphatic carbocycles. The van der Waals surface area contributed by atoms with Crippen LogP contribution >= 0.6 is 0 Å². The molecular formula is C17H26N6O. The van der Waals surface area contributed by atoms with E-state index >= 15 is 0 Å². The van der Waals surface area contributed by atoms with Gasteiger partial charge in [-0.2, -0.15) is 10.2 Å². The summed E-state index contributed by atoms with van der Waals surface area (Å²) < 4.78 is 3.71. The average molecular weight is 330 g/mol. The predicted octanol–water partition coefficient (Wildman–Crippen LogP) is 2.71. The van der Waals surface area contributed by atoms with Crippen LogP contribution in [0.25, 0.3) is 0 Å². The zero-order chi connectivity index (χ0) is 17.1. The lowest BCUT2D eigenvalue weighted by Crippen LogP contribution is -2.30. The summed E-state index contributed by atoms with van der Waals surface area (Å²) in [6.45, 7) is 5.44. The van der Waals surface area contributed by atoms with Gasteiger partial charge in [-0.15, -0.1) is 0 Å². The minimum atomic E-state index is -0.188. The van der Waals surface area contributed by atoms with Gasteiger partial charge < -0.3 is 5.32 Å². The molecule has 130 valence electrons. The van der Waals surface area contributed by atoms with E-state index in [1.54, 1.807) is 4.68 Å². The maximum atomic E-state index is 12.0. The van der Waals surface area contributed by atoms with E-state index in [0.717, 1.165) is 35.9 Å². The van der Waals surface area contributed by atoms with Gasteiger partial charge in [-0.3, -0.25) is 14.7 Å². The second-order valence-electron chi connectivity index (χ2n) is 6.59. The first-order valence-corrected chi connectivity index (χ1v) is 8.63. The SMILES string of the molecule is Cc1cc(C)n(CCCNC(=O)Nc2cc(C3CCC3)nn2C)n1. The van der Waals surface area contributed by atoms with Crippen molar-refractivity contribution in [2.45, 2.75) is 52.0 Å². The third-order valence-electron chi connectivity index (χ3n) is 4.60. The molecule has 0 aromatic carbocycles. The van der Waals surface area contributed by atoms with E-state index in [1.807, 2.05) is 31.6 Å². The third-order valence-corrected chi connectivity index (χ3v) is 4.60. The molecule has 3 rings (SSSR count). The normalized spacial score (nSPS) is 14.5. The summed E-state index contributed by atoms with van der Waals surface area (Å²) in [4.78, 5) is 12.0. The Morgan fingerprint density at radius 2 is 2.08 bits per heavy atom. The number of carbonyl (C=O) groups excluding carboxylic acids is 1. The van der Waals surface area contributed by atoms with Crippen molar-refractivity contribution in [1.29, 1.82) is 0 Å². The molecule has 1 fully saturated rings. The molecule has 2 N–H and O–H groups in total. The van der Waals surface area contributed by atoms with E-state index in [4.69, 9.17) is 0 Å². The van der Waals surface area contributed by atoms with Crippen molar-refractivity contribution in [1.82, 2.24) is 24.9 Å². The predicted molar refractivity (Wildman–Crippen MR) is 93.1 cm³/mol. The van der Waals surface area contributed by atoms with Gasteiger partial charge in [0, 0.05) is 37.8 Å². The Balaban J connectivity index is 1.42. The van der Waals surface area contributed by atoms with Crippen LogP contribution < -0.4 is 10.6 Å². The molecule has 0 radical (unpaired) electrons. The van der Waals surface area contributed by atoms with Gasteiger partial charge in [-0.25, -0.2) is 4.79 Å². The van der Waals surface area contributed by atoms with E-state index in [2.05, 4.69) is 26.9 Å². The lowest BCUT2D eigenvalue weighted by atomic mass is 9.83. The van der Waals surface area contributed by atoms with Gasteiger partial charge in [0.15, 0.2) is 0 Å². The third kappa shape index (κ3) is 3.77. The fourth-order valence-corrected chi connectivity index (χ4v) is 3.00. The minimum absolute atomic E-state index is 0.188. The summed E-state index contributed by atoms with van der Waals surface area (Å²) in [7, 11) is 1.86. The molecule has 1 saturated carbocycles. The van der Waals surface area contributed by atoms with Crippen molar-refractivity contribution < 1.29 is 4.79 Å². The smallest absolute Gasteiger partial charge is 0.320 e. The molecule has 2 aromatic heterocycles. The number of hydrogen-bond acceptors (Lipinski definition) is 3. The van der Waals surface area contributed by atoms with Crippen molar-refractivity contribution >= 4 is 11.8 Å². The van der Waals surface area contributed by atoms with Gasteiger partial charge in [0.2, 0.25) is 0 Å². The van der Waals surface area contributed by atoms with Gasteiger partial charge in [-0.1, -0.05) is 6.42 Å². The van der Waals surface area contributed by atoms with Gasteiger partial charge in [-0.05, 0) is 39.2 Å². The monoisotopic (exact) mass is 330 g/mol. The van der Waals surface area contributed by atoms with Crippen LogP contribution in [0.1, 0.15) is 48.7 Å². The molecule has 0 unspecified atom stereocenters. The van der Waals surface area contributed by atoms with E-state index in [0.29, 0.717) is 12.5 Å². The maximum absolute atomic E-state index is 12.0. The van der Waals surface area contributed by atoms with Crippen molar-refractivity contribution in [2.75, 3.05) is 11.9 Å². The summed E-state index contributed by atoms with van der Waals surface area (Å²) >= 11 is 0. The fourth-order valence-electron chi connectivity index (χ4n) is 3.00. The Hall–Kier alpha value is -2.31. The van der Waals surface area contributed by atoms with Crippen LogP contribution in [0.2, 0.25) is 0 Å². The Morgan fingerprint density at radius 1 is 1.29 bits per heavy atom. The van der Waals surface area contributed by atoms with Gasteiger partial charge in [0.1, 0.15) is 5.82 Å². The molecule has 1 aliphatic rings. The fraction of sp³-hybridized carbons (Fsp3) is 0.588. The van der Waals surface area contributed by atoms with Crippen LogP contribution in [-0.4, -0.2) is 32.1 Å². The number of nitrogens with one attached hydrogen (secondary N) is 2. The Bertz CT molecular complexity index is 713. The Kier molecular flexibility index (Phi) is 4.87. The van der Waals surface area contributed by atoms with Crippen LogP contribution in [0.15, 0.2) is 12.1 Å². The summed E-state index contributed by atoms with van der Waals surface area (Å²) in [6.07, 6.45) is 4.53. The summed E-state index contributed by atoms with van der Waals surface area (Å²) in [5.41, 5.74) is 3.26. The molecular weight excluding hydrogens is 304 g/mol. The highest BCUT2D eigenvalue weighted by Crippen LogP contribution is 2.36. The largest absolute Gasteiger partial charge is 0.338 e. The molecule has 0 atom stereocenters. The molecule has 0 aliphatic heterocycles. The summed E-state index contributed by atoms with van der Waals surface area (Å²) in [5, 5.41) is 14.7. The quantitative estimate of drug-likeness (QED) is 0.800. The highest BCUT2D eigenvalue weighted by Gasteiger charge is 2.23. The number of aryl methyl sites for hydroxylation is 4. The molecule has 7 nitrogen and oxygen atoms in total. The molecule has 2 heterocycles. The second-order valence-corrected chi connectivity index (χ2v) is 6.59. The Morgan fingerprint density at radius 3 is 2.71 bits per heavy atom. The number of urea groups is 1. The standard InChI is InChI=1S/C17H26N6O/c1-12-10-13(2)23(20-12)9-5-8-18-17(24)19-16-11-15(21-22(16)3)14-6-4-7-14/h10-11,14H,4-9H2,1-3H3,(H2,18,19,24). The van der Waals surface area contributed by atoms with Gasteiger partial charge in [0.05, 0.1) is 11.4 Å². The van der Waals surface area contributed by atoms with Crippen LogP contribution in [0.5, 0.6) is 0 Å². The highest BCUT2D eigenvalue weighted by atomic mass is 16.2. The van der Waals surface area contributed by atoms with E-state index in [9.17, 15) is 4.79 Å². The number of rotatable bonds is 6. The van der Waals surface area contributed by atoms with Crippen molar-refractivity contribution in [2.24, 2.45) is 7.05 Å². The van der Waals surface area contributed by atoms with E-state index in [1.165, 1.54) is 19.3 Å². The van der Waals surface area contributed by atoms with Crippen molar-refractivity contribution in [3.8, 4) is 0 Å². The Labute approximate surface area is 142 Å². The molecule has 2 aromatic rings. The van der Waals surface area contributed by atoms with Crippen LogP contribution in [0.4, 0.5) is 10.6 Å². The van der Waals surface area contributed by atoms with Crippen LogP contribution in [-0.2, 0) is 13.6 Å². The van der Waals surface area contributed by atoms with Crippen LogP contribution in [0, 0.1) is 13.8 Å². The van der Waals surface area contributed by atoms with Crippen molar-refractivity contribution in [3.05, 3.63) is 29.2 Å². The average Bonchev–Trinajstić information content (AvgIpc) is 2.96. The van der Waals surface area contributed by atoms with Gasteiger partial charge in [0.25, 0.3) is 0 Å². The first-order valence-electron chi connectivity index (χ1n) is 8.63. The maximum Gasteiger partial charge on any atom is 0.320 e. The molecule has 7 heteroatoms. The molecule has 24 heavy (non-hydrogen) atoms. The number of carbonyl (C=O) groups is 1. The van der Waals surface area contributed by atoms with E-state index < -0.39 is 0 Å². The second kappa shape index (κ2) is 7.07. The first kappa shape index (κ1) is 16.5. The number of anilines is 1. The first-order chi connectivity index (χ1) is 11.5. The molecule has 2 amide bonds. The topological polar surface area (TPSA) is 76.8 Å². The lowest BCUT2D eigenvalue weighted by Gasteiger charge is -2.22. The number of aromatic nitrogens is 4. The molecule has 0 saturated heterocycles. The summed E-state index contributed by atoms with van der Waals surface area (Å²) in [5.74, 6) is 1.31. The molecule has 0 bridgehead atoms. The van der Waals surface area contributed by atoms with Crippen molar-refractivity contribution in [3.63, 3.8) is 0 Å². The zero-order valence-corrected chi connectivity index (χ0v) is 14.7. The number of amides is 2. The summed E-state index contributed by atoms with van der Waals surface area (Å²) in [6, 6.07) is 3.85. The number of hydrogen-bond donors (Lipinski definition) is 2. The van der Waals surface area contributed by atoms with Crippen LogP contribution in [0.3, 0.4) is 0 Å². The minimum Gasteiger partial charge on any atom is -0.338 e. The zero-order valence-electron chi connectivity index (χ0n) is 14.7. The molecule has 0 spiro atoms. The van der Waals surface area contributed by atoms with E-state index in [-0.39, 0.29) is 6.03 Å². The highest BCUT2D eigenvalue weighted by molar-refractivity contribution is 5.88.